The number of ether oxygens (including phenoxy) is 3. The van der Waals surface area contributed by atoms with Gasteiger partial charge in [0, 0.05) is 50.9 Å². The average Bonchev–Trinajstić information content (AvgIpc) is 3.32. The third kappa shape index (κ3) is 3.94. The van der Waals surface area contributed by atoms with E-state index in [4.69, 9.17) is 14.2 Å². The van der Waals surface area contributed by atoms with Crippen LogP contribution in [-0.2, 0) is 6.54 Å². The third-order valence-electron chi connectivity index (χ3n) is 6.55. The van der Waals surface area contributed by atoms with Crippen molar-refractivity contribution >= 4 is 0 Å². The fraction of sp³-hybridized carbons (Fsp3) is 0.636. The van der Waals surface area contributed by atoms with Crippen LogP contribution in [0.4, 0.5) is 0 Å². The maximum Gasteiger partial charge on any atom is 0.164 e. The highest BCUT2D eigenvalue weighted by Crippen LogP contribution is 2.43. The number of hydrogen-bond donors (Lipinski definition) is 0. The SMILES string of the molecule is COc1cc(OC)c(OC)cc1CN1CCN(C[C@@H]2C[C@H]3C=C[C@@H]2C3)CC1. The monoisotopic (exact) mass is 372 g/mol. The molecule has 1 aliphatic heterocycles. The van der Waals surface area contributed by atoms with Crippen LogP contribution in [0.2, 0.25) is 0 Å². The van der Waals surface area contributed by atoms with Gasteiger partial charge in [-0.1, -0.05) is 12.2 Å². The van der Waals surface area contributed by atoms with Crippen molar-refractivity contribution < 1.29 is 14.2 Å². The van der Waals surface area contributed by atoms with Crippen LogP contribution >= 0.6 is 0 Å². The van der Waals surface area contributed by atoms with E-state index in [-0.39, 0.29) is 0 Å². The minimum Gasteiger partial charge on any atom is -0.496 e. The van der Waals surface area contributed by atoms with Crippen molar-refractivity contribution in [2.45, 2.75) is 19.4 Å². The number of allylic oxidation sites excluding steroid dienone is 2. The van der Waals surface area contributed by atoms with Crippen LogP contribution in [0.3, 0.4) is 0 Å². The van der Waals surface area contributed by atoms with E-state index in [1.807, 2.05) is 12.1 Å². The van der Waals surface area contributed by atoms with Crippen LogP contribution in [0.15, 0.2) is 24.3 Å². The summed E-state index contributed by atoms with van der Waals surface area (Å²) >= 11 is 0. The molecule has 1 saturated carbocycles. The molecule has 1 saturated heterocycles. The van der Waals surface area contributed by atoms with Crippen molar-refractivity contribution in [3.8, 4) is 17.2 Å². The summed E-state index contributed by atoms with van der Waals surface area (Å²) in [5, 5.41) is 0. The van der Waals surface area contributed by atoms with Crippen molar-refractivity contribution in [1.29, 1.82) is 0 Å². The van der Waals surface area contributed by atoms with Crippen LogP contribution < -0.4 is 14.2 Å². The van der Waals surface area contributed by atoms with Gasteiger partial charge in [-0.05, 0) is 36.7 Å². The summed E-state index contributed by atoms with van der Waals surface area (Å²) in [6.45, 7) is 6.69. The molecule has 2 bridgehead atoms. The average molecular weight is 373 g/mol. The van der Waals surface area contributed by atoms with Gasteiger partial charge in [-0.3, -0.25) is 4.90 Å². The predicted molar refractivity (Wildman–Crippen MR) is 107 cm³/mol. The van der Waals surface area contributed by atoms with Crippen LogP contribution in [0.25, 0.3) is 0 Å². The third-order valence-corrected chi connectivity index (χ3v) is 6.55. The van der Waals surface area contributed by atoms with Gasteiger partial charge >= 0.3 is 0 Å². The Morgan fingerprint density at radius 3 is 2.07 bits per heavy atom. The molecule has 2 aliphatic carbocycles. The molecule has 1 heterocycles. The molecular formula is C22H32N2O3. The Bertz CT molecular complexity index is 682. The molecule has 0 spiro atoms. The van der Waals surface area contributed by atoms with Crippen LogP contribution in [0, 0.1) is 17.8 Å². The highest BCUT2D eigenvalue weighted by molar-refractivity contribution is 5.50. The lowest BCUT2D eigenvalue weighted by Gasteiger charge is -2.37. The van der Waals surface area contributed by atoms with E-state index < -0.39 is 0 Å². The minimum atomic E-state index is 0.711. The number of piperazine rings is 1. The van der Waals surface area contributed by atoms with Gasteiger partial charge in [0.25, 0.3) is 0 Å². The molecule has 2 fully saturated rings. The number of rotatable bonds is 7. The molecule has 3 aliphatic rings. The van der Waals surface area contributed by atoms with Gasteiger partial charge in [0.2, 0.25) is 0 Å². The molecule has 4 rings (SSSR count). The second-order valence-electron chi connectivity index (χ2n) is 8.14. The molecule has 0 aromatic heterocycles. The van der Waals surface area contributed by atoms with E-state index in [9.17, 15) is 0 Å². The number of benzene rings is 1. The molecule has 148 valence electrons. The second-order valence-corrected chi connectivity index (χ2v) is 8.14. The Balaban J connectivity index is 1.33. The van der Waals surface area contributed by atoms with E-state index in [1.165, 1.54) is 19.4 Å². The van der Waals surface area contributed by atoms with E-state index >= 15 is 0 Å². The maximum absolute atomic E-state index is 5.59. The van der Waals surface area contributed by atoms with Gasteiger partial charge in [-0.25, -0.2) is 0 Å². The molecule has 0 radical (unpaired) electrons. The molecule has 3 atom stereocenters. The van der Waals surface area contributed by atoms with Crippen LogP contribution in [0.1, 0.15) is 18.4 Å². The Morgan fingerprint density at radius 1 is 0.815 bits per heavy atom. The van der Waals surface area contributed by atoms with Gasteiger partial charge in [-0.15, -0.1) is 0 Å². The van der Waals surface area contributed by atoms with Gasteiger partial charge in [0.15, 0.2) is 11.5 Å². The number of hydrogen-bond acceptors (Lipinski definition) is 5. The highest BCUT2D eigenvalue weighted by atomic mass is 16.5. The van der Waals surface area contributed by atoms with Gasteiger partial charge in [0.05, 0.1) is 21.3 Å². The van der Waals surface area contributed by atoms with Gasteiger partial charge < -0.3 is 19.1 Å². The maximum atomic E-state index is 5.59. The van der Waals surface area contributed by atoms with Crippen molar-refractivity contribution in [3.05, 3.63) is 29.8 Å². The first kappa shape index (κ1) is 18.6. The summed E-state index contributed by atoms with van der Waals surface area (Å²) in [6.07, 6.45) is 7.72. The first-order valence-electron chi connectivity index (χ1n) is 10.1. The fourth-order valence-corrected chi connectivity index (χ4v) is 5.02. The Labute approximate surface area is 162 Å². The molecule has 0 unspecified atom stereocenters. The van der Waals surface area contributed by atoms with Crippen molar-refractivity contribution in [2.24, 2.45) is 17.8 Å². The molecular weight excluding hydrogens is 340 g/mol. The van der Waals surface area contributed by atoms with Crippen LogP contribution in [-0.4, -0.2) is 63.9 Å². The summed E-state index contributed by atoms with van der Waals surface area (Å²) < 4.78 is 16.4. The van der Waals surface area contributed by atoms with E-state index in [0.29, 0.717) is 5.75 Å². The molecule has 0 N–H and O–H groups in total. The second kappa shape index (κ2) is 8.11. The number of methoxy groups -OCH3 is 3. The summed E-state index contributed by atoms with van der Waals surface area (Å²) in [7, 11) is 5.05. The first-order chi connectivity index (χ1) is 13.2. The standard InChI is InChI=1S/C22H32N2O3/c1-25-20-13-22(27-3)21(26-2)12-19(20)15-24-8-6-23(7-9-24)14-18-11-16-4-5-17(18)10-16/h4-5,12-13,16-18H,6-11,14-15H2,1-3H3/t16-,17+,18-/m0/s1. The summed E-state index contributed by atoms with van der Waals surface area (Å²) in [4.78, 5) is 5.18. The lowest BCUT2D eigenvalue weighted by Crippen LogP contribution is -2.47. The van der Waals surface area contributed by atoms with E-state index in [0.717, 1.165) is 67.5 Å². The van der Waals surface area contributed by atoms with E-state index in [1.54, 1.807) is 21.3 Å². The Morgan fingerprint density at radius 2 is 1.48 bits per heavy atom. The van der Waals surface area contributed by atoms with Crippen molar-refractivity contribution in [3.63, 3.8) is 0 Å². The van der Waals surface area contributed by atoms with Gasteiger partial charge in [0.1, 0.15) is 5.75 Å². The zero-order chi connectivity index (χ0) is 18.8. The molecule has 1 aromatic carbocycles. The lowest BCUT2D eigenvalue weighted by atomic mass is 9.93. The molecule has 27 heavy (non-hydrogen) atoms. The quantitative estimate of drug-likeness (QED) is 0.687. The fourth-order valence-electron chi connectivity index (χ4n) is 5.02. The summed E-state index contributed by atoms with van der Waals surface area (Å²) in [5.74, 6) is 4.95. The Hall–Kier alpha value is -1.72. The summed E-state index contributed by atoms with van der Waals surface area (Å²) in [5.41, 5.74) is 1.15. The Kier molecular flexibility index (Phi) is 5.60. The smallest absolute Gasteiger partial charge is 0.164 e. The predicted octanol–water partition coefficient (Wildman–Crippen LogP) is 3.04. The van der Waals surface area contributed by atoms with Crippen molar-refractivity contribution in [2.75, 3.05) is 54.1 Å². The normalized spacial score (nSPS) is 27.9. The molecule has 1 aromatic rings. The lowest BCUT2D eigenvalue weighted by molar-refractivity contribution is 0.108. The minimum absolute atomic E-state index is 0.711. The zero-order valence-corrected chi connectivity index (χ0v) is 16.8. The molecule has 0 amide bonds. The summed E-state index contributed by atoms with van der Waals surface area (Å²) in [6, 6.07) is 3.97. The van der Waals surface area contributed by atoms with Gasteiger partial charge in [-0.2, -0.15) is 0 Å². The molecule has 5 heteroatoms. The number of fused-ring (bicyclic) bond motifs is 2. The highest BCUT2D eigenvalue weighted by Gasteiger charge is 2.36. The topological polar surface area (TPSA) is 34.2 Å². The van der Waals surface area contributed by atoms with Crippen LogP contribution in [0.5, 0.6) is 17.2 Å². The largest absolute Gasteiger partial charge is 0.496 e. The zero-order valence-electron chi connectivity index (χ0n) is 16.8. The first-order valence-corrected chi connectivity index (χ1v) is 10.1. The van der Waals surface area contributed by atoms with Crippen molar-refractivity contribution in [1.82, 2.24) is 9.80 Å². The molecule has 5 nitrogen and oxygen atoms in total. The number of nitrogens with zero attached hydrogens (tertiary/aromatic N) is 2. The van der Waals surface area contributed by atoms with E-state index in [2.05, 4.69) is 22.0 Å².